The first-order valence-corrected chi connectivity index (χ1v) is 9.80. The predicted octanol–water partition coefficient (Wildman–Crippen LogP) is 2.32. The molecule has 1 saturated heterocycles. The van der Waals surface area contributed by atoms with E-state index in [2.05, 4.69) is 26.1 Å². The molecular weight excluding hydrogens is 345 g/mol. The maximum Gasteiger partial charge on any atom is 0.329 e. The highest BCUT2D eigenvalue weighted by Crippen LogP contribution is 2.43. The first-order valence-electron chi connectivity index (χ1n) is 9.80. The highest BCUT2D eigenvalue weighted by atomic mass is 19.1. The van der Waals surface area contributed by atoms with Crippen LogP contribution in [-0.2, 0) is 11.3 Å². The highest BCUT2D eigenvalue weighted by molar-refractivity contribution is 6.06. The van der Waals surface area contributed by atoms with E-state index >= 15 is 0 Å². The maximum absolute atomic E-state index is 13.4. The van der Waals surface area contributed by atoms with Crippen molar-refractivity contribution in [2.45, 2.75) is 58.5 Å². The van der Waals surface area contributed by atoms with Gasteiger partial charge in [-0.05, 0) is 49.1 Å². The van der Waals surface area contributed by atoms with Gasteiger partial charge in [0.25, 0.3) is 5.91 Å². The number of nitrogens with one attached hydrogen (secondary N) is 2. The van der Waals surface area contributed by atoms with Crippen molar-refractivity contribution < 1.29 is 18.9 Å². The molecule has 3 amide bonds. The molecule has 0 aromatic heterocycles. The lowest BCUT2D eigenvalue weighted by atomic mass is 9.67. The molecule has 3 rings (SSSR count). The van der Waals surface area contributed by atoms with Gasteiger partial charge >= 0.3 is 6.03 Å². The second kappa shape index (κ2) is 7.23. The Labute approximate surface area is 160 Å². The van der Waals surface area contributed by atoms with Crippen molar-refractivity contribution in [3.05, 3.63) is 35.6 Å². The van der Waals surface area contributed by atoms with Crippen molar-refractivity contribution in [1.29, 1.82) is 0 Å². The van der Waals surface area contributed by atoms with E-state index < -0.39 is 5.54 Å². The molecule has 1 aliphatic heterocycles. The summed E-state index contributed by atoms with van der Waals surface area (Å²) in [6.07, 6.45) is 3.32. The van der Waals surface area contributed by atoms with Crippen molar-refractivity contribution in [2.75, 3.05) is 13.7 Å². The molecule has 1 aromatic carbocycles. The van der Waals surface area contributed by atoms with Gasteiger partial charge in [-0.3, -0.25) is 4.79 Å². The highest BCUT2D eigenvalue weighted by Gasteiger charge is 2.53. The third-order valence-corrected chi connectivity index (χ3v) is 6.13. The molecule has 2 N–H and O–H groups in total. The molecule has 0 radical (unpaired) electrons. The van der Waals surface area contributed by atoms with Crippen LogP contribution in [-0.4, -0.2) is 36.1 Å². The monoisotopic (exact) mass is 376 g/mol. The number of carbonyl (C=O) groups excluding carboxylic acids is 2. The van der Waals surface area contributed by atoms with Gasteiger partial charge in [0.05, 0.1) is 7.05 Å². The third kappa shape index (κ3) is 4.15. The van der Waals surface area contributed by atoms with Gasteiger partial charge in [0.2, 0.25) is 0 Å². The molecule has 0 bridgehead atoms. The molecule has 1 atom stereocenters. The van der Waals surface area contributed by atoms with Crippen LogP contribution in [0.15, 0.2) is 24.3 Å². The Kier molecular flexibility index (Phi) is 5.30. The smallest absolute Gasteiger partial charge is 0.323 e. The number of quaternary nitrogens is 1. The van der Waals surface area contributed by atoms with Gasteiger partial charge in [-0.1, -0.05) is 32.9 Å². The van der Waals surface area contributed by atoms with Crippen LogP contribution in [0, 0.1) is 17.2 Å². The zero-order valence-electron chi connectivity index (χ0n) is 16.8. The fraction of sp³-hybridized carbons (Fsp3) is 0.619. The minimum atomic E-state index is -0.724. The lowest BCUT2D eigenvalue weighted by Crippen LogP contribution is -3.09. The predicted molar refractivity (Wildman–Crippen MR) is 101 cm³/mol. The van der Waals surface area contributed by atoms with Crippen LogP contribution in [0.4, 0.5) is 9.18 Å². The average molecular weight is 376 g/mol. The fourth-order valence-electron chi connectivity index (χ4n) is 4.46. The summed E-state index contributed by atoms with van der Waals surface area (Å²) in [4.78, 5) is 27.9. The summed E-state index contributed by atoms with van der Waals surface area (Å²) in [5.74, 6) is 0.200. The number of rotatable bonds is 4. The normalized spacial score (nSPS) is 27.1. The standard InChI is InChI=1S/C21H30FN3O2/c1-20(2,3)16-8-10-21(11-9-16)18(26)25(19(27)23-21)14-24(4)13-15-6-5-7-17(22)12-15/h5-7,12,16H,8-11,13-14H2,1-4H3,(H,23,27)/p+1. The lowest BCUT2D eigenvalue weighted by molar-refractivity contribution is -0.901. The number of hydrogen-bond donors (Lipinski definition) is 2. The van der Waals surface area contributed by atoms with Crippen LogP contribution < -0.4 is 10.2 Å². The molecule has 1 aromatic rings. The van der Waals surface area contributed by atoms with Crippen molar-refractivity contribution in [2.24, 2.45) is 11.3 Å². The Bertz CT molecular complexity index is 720. The van der Waals surface area contributed by atoms with Crippen LogP contribution >= 0.6 is 0 Å². The summed E-state index contributed by atoms with van der Waals surface area (Å²) in [5, 5.41) is 2.98. The molecular formula is C21H31FN3O2+. The zero-order valence-corrected chi connectivity index (χ0v) is 16.8. The van der Waals surface area contributed by atoms with Gasteiger partial charge < -0.3 is 10.2 Å². The van der Waals surface area contributed by atoms with Crippen LogP contribution in [0.3, 0.4) is 0 Å². The Morgan fingerprint density at radius 2 is 1.93 bits per heavy atom. The summed E-state index contributed by atoms with van der Waals surface area (Å²) in [6.45, 7) is 7.55. The quantitative estimate of drug-likeness (QED) is 0.793. The van der Waals surface area contributed by atoms with Crippen molar-refractivity contribution in [1.82, 2.24) is 10.2 Å². The topological polar surface area (TPSA) is 53.9 Å². The van der Waals surface area contributed by atoms with E-state index in [0.29, 0.717) is 25.3 Å². The second-order valence-corrected chi connectivity index (χ2v) is 9.31. The molecule has 5 nitrogen and oxygen atoms in total. The summed E-state index contributed by atoms with van der Waals surface area (Å²) >= 11 is 0. The molecule has 1 saturated carbocycles. The van der Waals surface area contributed by atoms with E-state index in [-0.39, 0.29) is 29.8 Å². The van der Waals surface area contributed by atoms with E-state index in [4.69, 9.17) is 0 Å². The van der Waals surface area contributed by atoms with E-state index in [0.717, 1.165) is 23.3 Å². The largest absolute Gasteiger partial charge is 0.329 e. The van der Waals surface area contributed by atoms with Crippen LogP contribution in [0.1, 0.15) is 52.0 Å². The third-order valence-electron chi connectivity index (χ3n) is 6.13. The van der Waals surface area contributed by atoms with E-state index in [1.165, 1.54) is 17.0 Å². The summed E-state index contributed by atoms with van der Waals surface area (Å²) in [5.41, 5.74) is 0.347. The summed E-state index contributed by atoms with van der Waals surface area (Å²) in [7, 11) is 1.91. The summed E-state index contributed by atoms with van der Waals surface area (Å²) in [6, 6.07) is 6.13. The molecule has 6 heteroatoms. The first-order chi connectivity index (χ1) is 12.6. The average Bonchev–Trinajstić information content (AvgIpc) is 2.79. The summed E-state index contributed by atoms with van der Waals surface area (Å²) < 4.78 is 13.4. The fourth-order valence-corrected chi connectivity index (χ4v) is 4.46. The van der Waals surface area contributed by atoms with Crippen molar-refractivity contribution in [3.63, 3.8) is 0 Å². The van der Waals surface area contributed by atoms with Gasteiger partial charge in [-0.2, -0.15) is 0 Å². The minimum absolute atomic E-state index is 0.0987. The van der Waals surface area contributed by atoms with Gasteiger partial charge in [0.1, 0.15) is 17.9 Å². The van der Waals surface area contributed by atoms with Crippen LogP contribution in [0.5, 0.6) is 0 Å². The SMILES string of the molecule is C[NH+](Cc1cccc(F)c1)CN1C(=O)NC2(CCC(C(C)(C)C)CC2)C1=O. The number of urea groups is 1. The van der Waals surface area contributed by atoms with Gasteiger partial charge in [-0.15, -0.1) is 0 Å². The number of halogens is 1. The Morgan fingerprint density at radius 3 is 2.52 bits per heavy atom. The molecule has 1 heterocycles. The number of nitrogens with zero attached hydrogens (tertiary/aromatic N) is 1. The van der Waals surface area contributed by atoms with Gasteiger partial charge in [0.15, 0.2) is 6.67 Å². The van der Waals surface area contributed by atoms with E-state index in [9.17, 15) is 14.0 Å². The molecule has 1 unspecified atom stereocenters. The Hall–Kier alpha value is -1.95. The first kappa shape index (κ1) is 19.8. The number of hydrogen-bond acceptors (Lipinski definition) is 2. The van der Waals surface area contributed by atoms with Crippen LogP contribution in [0.25, 0.3) is 0 Å². The lowest BCUT2D eigenvalue weighted by Gasteiger charge is -2.40. The number of imide groups is 1. The maximum atomic E-state index is 13.4. The van der Waals surface area contributed by atoms with Gasteiger partial charge in [-0.25, -0.2) is 14.1 Å². The second-order valence-electron chi connectivity index (χ2n) is 9.31. The molecule has 1 aliphatic carbocycles. The number of amides is 3. The Morgan fingerprint density at radius 1 is 1.26 bits per heavy atom. The van der Waals surface area contributed by atoms with E-state index in [1.807, 2.05) is 13.1 Å². The molecule has 148 valence electrons. The van der Waals surface area contributed by atoms with Crippen LogP contribution in [0.2, 0.25) is 0 Å². The van der Waals surface area contributed by atoms with Crippen molar-refractivity contribution >= 4 is 11.9 Å². The number of benzene rings is 1. The molecule has 1 spiro atoms. The van der Waals surface area contributed by atoms with Crippen molar-refractivity contribution in [3.8, 4) is 0 Å². The molecule has 2 aliphatic rings. The van der Waals surface area contributed by atoms with Gasteiger partial charge in [0, 0.05) is 5.56 Å². The molecule has 27 heavy (non-hydrogen) atoms. The zero-order chi connectivity index (χ0) is 19.8. The molecule has 2 fully saturated rings. The van der Waals surface area contributed by atoms with E-state index in [1.54, 1.807) is 6.07 Å². The Balaban J connectivity index is 1.63. The number of carbonyl (C=O) groups is 2. The minimum Gasteiger partial charge on any atom is -0.323 e.